The lowest BCUT2D eigenvalue weighted by Crippen LogP contribution is -2.31. The summed E-state index contributed by atoms with van der Waals surface area (Å²) in [6, 6.07) is 5.47. The van der Waals surface area contributed by atoms with Gasteiger partial charge in [0, 0.05) is 31.5 Å². The fourth-order valence-corrected chi connectivity index (χ4v) is 4.40. The third-order valence-corrected chi connectivity index (χ3v) is 7.18. The van der Waals surface area contributed by atoms with Crippen LogP contribution in [0.25, 0.3) is 5.69 Å². The monoisotopic (exact) mass is 480 g/mol. The van der Waals surface area contributed by atoms with E-state index in [1.165, 1.54) is 19.5 Å². The lowest BCUT2D eigenvalue weighted by Gasteiger charge is -2.20. The van der Waals surface area contributed by atoms with Crippen molar-refractivity contribution in [3.8, 4) is 11.4 Å². The lowest BCUT2D eigenvalue weighted by atomic mass is 10.1. The minimum Gasteiger partial charge on any atom is -0.497 e. The summed E-state index contributed by atoms with van der Waals surface area (Å²) in [5.41, 5.74) is 1.54. The number of anilines is 1. The van der Waals surface area contributed by atoms with Crippen molar-refractivity contribution < 1.29 is 17.9 Å². The van der Waals surface area contributed by atoms with Crippen LogP contribution in [0.2, 0.25) is 5.02 Å². The Morgan fingerprint density at radius 2 is 1.84 bits per heavy atom. The molecule has 0 spiro atoms. The Hall–Kier alpha value is -2.76. The summed E-state index contributed by atoms with van der Waals surface area (Å²) < 4.78 is 41.2. The van der Waals surface area contributed by atoms with Gasteiger partial charge in [-0.15, -0.1) is 10.2 Å². The van der Waals surface area contributed by atoms with Crippen molar-refractivity contribution in [2.45, 2.75) is 38.5 Å². The molecule has 0 radical (unpaired) electrons. The molecule has 2 heterocycles. The van der Waals surface area contributed by atoms with Crippen molar-refractivity contribution in [1.82, 2.24) is 24.7 Å². The SMILES string of the molecule is COCc1nnc(NS(=O)(=O)[C@@H](C)[C@H](C)c2ncc(Cl)cn2)n1-c1cc(OC)ccc1C. The molecular weight excluding hydrogens is 456 g/mol. The van der Waals surface area contributed by atoms with Crippen LogP contribution in [-0.2, 0) is 21.4 Å². The largest absolute Gasteiger partial charge is 0.497 e. The fourth-order valence-electron chi connectivity index (χ4n) is 3.07. The molecule has 12 heteroatoms. The fraction of sp³-hybridized carbons (Fsp3) is 0.400. The predicted octanol–water partition coefficient (Wildman–Crippen LogP) is 3.11. The van der Waals surface area contributed by atoms with E-state index in [4.69, 9.17) is 21.1 Å². The van der Waals surface area contributed by atoms with Gasteiger partial charge in [0.2, 0.25) is 16.0 Å². The summed E-state index contributed by atoms with van der Waals surface area (Å²) in [7, 11) is -0.807. The smallest absolute Gasteiger partial charge is 0.243 e. The van der Waals surface area contributed by atoms with Crippen LogP contribution in [0.15, 0.2) is 30.6 Å². The van der Waals surface area contributed by atoms with Gasteiger partial charge in [0.05, 0.1) is 23.1 Å². The van der Waals surface area contributed by atoms with Crippen molar-refractivity contribution >= 4 is 27.6 Å². The Morgan fingerprint density at radius 1 is 1.16 bits per heavy atom. The summed E-state index contributed by atoms with van der Waals surface area (Å²) in [5, 5.41) is 7.70. The molecule has 0 bridgehead atoms. The molecular formula is C20H25ClN6O4S. The van der Waals surface area contributed by atoms with Crippen LogP contribution < -0.4 is 9.46 Å². The van der Waals surface area contributed by atoms with Crippen molar-refractivity contribution in [2.24, 2.45) is 0 Å². The number of methoxy groups -OCH3 is 2. The van der Waals surface area contributed by atoms with E-state index in [1.54, 1.807) is 31.6 Å². The van der Waals surface area contributed by atoms with Crippen LogP contribution in [0.3, 0.4) is 0 Å². The quantitative estimate of drug-likeness (QED) is 0.495. The highest BCUT2D eigenvalue weighted by Gasteiger charge is 2.31. The molecule has 3 rings (SSSR count). The van der Waals surface area contributed by atoms with E-state index in [1.807, 2.05) is 19.1 Å². The van der Waals surface area contributed by atoms with Crippen molar-refractivity contribution in [3.05, 3.63) is 52.8 Å². The third kappa shape index (κ3) is 5.00. The normalized spacial score (nSPS) is 13.6. The van der Waals surface area contributed by atoms with Crippen molar-refractivity contribution in [2.75, 3.05) is 18.9 Å². The van der Waals surface area contributed by atoms with E-state index in [0.29, 0.717) is 28.1 Å². The first-order valence-electron chi connectivity index (χ1n) is 9.75. The van der Waals surface area contributed by atoms with Crippen LogP contribution >= 0.6 is 11.6 Å². The van der Waals surface area contributed by atoms with Crippen LogP contribution in [-0.4, -0.2) is 52.6 Å². The van der Waals surface area contributed by atoms with Gasteiger partial charge in [-0.3, -0.25) is 9.29 Å². The zero-order valence-corrected chi connectivity index (χ0v) is 20.0. The highest BCUT2D eigenvalue weighted by atomic mass is 35.5. The Kier molecular flexibility index (Phi) is 7.32. The first-order chi connectivity index (χ1) is 15.2. The van der Waals surface area contributed by atoms with Crippen molar-refractivity contribution in [1.29, 1.82) is 0 Å². The molecule has 10 nitrogen and oxygen atoms in total. The Balaban J connectivity index is 1.98. The Bertz CT molecular complexity index is 1180. The topological polar surface area (TPSA) is 121 Å². The summed E-state index contributed by atoms with van der Waals surface area (Å²) >= 11 is 5.84. The minimum absolute atomic E-state index is 0.0458. The second-order valence-electron chi connectivity index (χ2n) is 7.26. The van der Waals surface area contributed by atoms with Gasteiger partial charge in [0.15, 0.2) is 5.82 Å². The maximum absolute atomic E-state index is 13.2. The van der Waals surface area contributed by atoms with Gasteiger partial charge in [-0.05, 0) is 25.5 Å². The lowest BCUT2D eigenvalue weighted by molar-refractivity contribution is 0.176. The van der Waals surface area contributed by atoms with Gasteiger partial charge in [0.1, 0.15) is 18.2 Å². The zero-order valence-electron chi connectivity index (χ0n) is 18.4. The molecule has 172 valence electrons. The molecule has 0 aliphatic rings. The van der Waals surface area contributed by atoms with Crippen molar-refractivity contribution in [3.63, 3.8) is 0 Å². The van der Waals surface area contributed by atoms with E-state index in [-0.39, 0.29) is 12.6 Å². The number of hydrogen-bond acceptors (Lipinski definition) is 8. The zero-order chi connectivity index (χ0) is 23.5. The molecule has 2 aromatic heterocycles. The van der Waals surface area contributed by atoms with Gasteiger partial charge in [-0.1, -0.05) is 24.6 Å². The molecule has 32 heavy (non-hydrogen) atoms. The first kappa shape index (κ1) is 23.9. The minimum atomic E-state index is -3.89. The number of halogens is 1. The maximum atomic E-state index is 13.2. The summed E-state index contributed by atoms with van der Waals surface area (Å²) in [4.78, 5) is 8.29. The molecule has 0 amide bonds. The molecule has 0 aliphatic carbocycles. The van der Waals surface area contributed by atoms with E-state index in [9.17, 15) is 8.42 Å². The number of aryl methyl sites for hydroxylation is 1. The van der Waals surface area contributed by atoms with Gasteiger partial charge in [-0.2, -0.15) is 0 Å². The molecule has 1 N–H and O–H groups in total. The van der Waals surface area contributed by atoms with E-state index in [2.05, 4.69) is 24.9 Å². The van der Waals surface area contributed by atoms with Gasteiger partial charge in [0.25, 0.3) is 0 Å². The number of nitrogens with zero attached hydrogens (tertiary/aromatic N) is 5. The highest BCUT2D eigenvalue weighted by molar-refractivity contribution is 7.93. The first-order valence-corrected chi connectivity index (χ1v) is 11.7. The van der Waals surface area contributed by atoms with Gasteiger partial charge in [-0.25, -0.2) is 18.4 Å². The summed E-state index contributed by atoms with van der Waals surface area (Å²) in [5.74, 6) is 0.960. The number of rotatable bonds is 9. The van der Waals surface area contributed by atoms with E-state index < -0.39 is 21.2 Å². The van der Waals surface area contributed by atoms with Crippen LogP contribution in [0, 0.1) is 6.92 Å². The predicted molar refractivity (Wildman–Crippen MR) is 121 cm³/mol. The number of ether oxygens (including phenoxy) is 2. The average Bonchev–Trinajstić information content (AvgIpc) is 3.15. The van der Waals surface area contributed by atoms with Crippen LogP contribution in [0.1, 0.15) is 37.0 Å². The molecule has 2 atom stereocenters. The second-order valence-corrected chi connectivity index (χ2v) is 9.74. The number of nitrogens with one attached hydrogen (secondary N) is 1. The van der Waals surface area contributed by atoms with E-state index >= 15 is 0 Å². The van der Waals surface area contributed by atoms with Gasteiger partial charge >= 0.3 is 0 Å². The summed E-state index contributed by atoms with van der Waals surface area (Å²) in [6.07, 6.45) is 2.87. The highest BCUT2D eigenvalue weighted by Crippen LogP contribution is 2.28. The number of hydrogen-bond donors (Lipinski definition) is 1. The average molecular weight is 481 g/mol. The number of sulfonamides is 1. The number of benzene rings is 1. The Morgan fingerprint density at radius 3 is 2.47 bits per heavy atom. The summed E-state index contributed by atoms with van der Waals surface area (Å²) in [6.45, 7) is 5.35. The molecule has 0 saturated carbocycles. The maximum Gasteiger partial charge on any atom is 0.243 e. The molecule has 1 aromatic carbocycles. The van der Waals surface area contributed by atoms with Crippen LogP contribution in [0.4, 0.5) is 5.95 Å². The van der Waals surface area contributed by atoms with E-state index in [0.717, 1.165) is 5.56 Å². The molecule has 0 fully saturated rings. The molecule has 0 aliphatic heterocycles. The molecule has 3 aromatic rings. The number of aromatic nitrogens is 5. The second kappa shape index (κ2) is 9.80. The standard InChI is InChI=1S/C20H25ClN6O4S/c1-12-6-7-16(31-5)8-17(12)27-18(11-30-4)24-25-20(27)26-32(28,29)14(3)13(2)19-22-9-15(21)10-23-19/h6-10,13-14H,11H2,1-5H3,(H,25,26)/t13-,14-/m0/s1. The van der Waals surface area contributed by atoms with Crippen LogP contribution in [0.5, 0.6) is 5.75 Å². The van der Waals surface area contributed by atoms with Gasteiger partial charge < -0.3 is 9.47 Å². The Labute approximate surface area is 192 Å². The molecule has 0 saturated heterocycles. The third-order valence-electron chi connectivity index (χ3n) is 5.14. The molecule has 0 unspecified atom stereocenters.